The third-order valence-electron chi connectivity index (χ3n) is 2.51. The first-order valence-corrected chi connectivity index (χ1v) is 5.53. The zero-order valence-corrected chi connectivity index (χ0v) is 9.74. The molecule has 0 radical (unpaired) electrons. The fourth-order valence-electron chi connectivity index (χ4n) is 1.63. The van der Waals surface area contributed by atoms with Crippen LogP contribution >= 0.6 is 0 Å². The summed E-state index contributed by atoms with van der Waals surface area (Å²) in [6, 6.07) is 8.74. The van der Waals surface area contributed by atoms with E-state index in [0.29, 0.717) is 17.1 Å². The van der Waals surface area contributed by atoms with Crippen molar-refractivity contribution in [1.82, 2.24) is 10.2 Å². The zero-order chi connectivity index (χ0) is 13.1. The van der Waals surface area contributed by atoms with E-state index in [4.69, 9.17) is 8.83 Å². The minimum Gasteiger partial charge on any atom is -0.472 e. The van der Waals surface area contributed by atoms with Crippen LogP contribution in [0.1, 0.15) is 10.4 Å². The van der Waals surface area contributed by atoms with E-state index in [1.54, 1.807) is 24.3 Å². The van der Waals surface area contributed by atoms with Crippen LogP contribution in [0.25, 0.3) is 11.5 Å². The van der Waals surface area contributed by atoms with Gasteiger partial charge in [0.1, 0.15) is 6.26 Å². The fraction of sp³-hybridized carbons (Fsp3) is 0. The summed E-state index contributed by atoms with van der Waals surface area (Å²) in [6.07, 6.45) is 4.09. The first-order valence-electron chi connectivity index (χ1n) is 5.53. The lowest BCUT2D eigenvalue weighted by atomic mass is 10.2. The molecule has 0 fully saturated rings. The summed E-state index contributed by atoms with van der Waals surface area (Å²) < 4.78 is 9.96. The topological polar surface area (TPSA) is 81.2 Å². The predicted molar refractivity (Wildman–Crippen MR) is 66.4 cm³/mol. The highest BCUT2D eigenvalue weighted by atomic mass is 16.4. The molecule has 1 amide bonds. The number of nitrogens with zero attached hydrogens (tertiary/aromatic N) is 2. The van der Waals surface area contributed by atoms with Gasteiger partial charge in [-0.25, -0.2) is 0 Å². The molecule has 0 aliphatic carbocycles. The lowest BCUT2D eigenvalue weighted by Crippen LogP contribution is -2.10. The van der Waals surface area contributed by atoms with Crippen LogP contribution < -0.4 is 5.32 Å². The number of benzene rings is 1. The first kappa shape index (κ1) is 11.2. The smallest absolute Gasteiger partial charge is 0.258 e. The van der Waals surface area contributed by atoms with Gasteiger partial charge in [-0.15, -0.1) is 10.2 Å². The maximum absolute atomic E-state index is 11.9. The van der Waals surface area contributed by atoms with Gasteiger partial charge in [0.25, 0.3) is 5.91 Å². The van der Waals surface area contributed by atoms with Gasteiger partial charge in [0.15, 0.2) is 0 Å². The molecule has 0 aliphatic heterocycles. The van der Waals surface area contributed by atoms with Crippen LogP contribution in [0.15, 0.2) is 58.1 Å². The highest BCUT2D eigenvalue weighted by Crippen LogP contribution is 2.20. The van der Waals surface area contributed by atoms with Crippen molar-refractivity contribution < 1.29 is 13.6 Å². The molecular weight excluding hydrogens is 246 g/mol. The Balaban J connectivity index is 1.82. The molecular formula is C13H9N3O3. The Bertz CT molecular complexity index is 675. The quantitative estimate of drug-likeness (QED) is 0.777. The second-order valence-electron chi connectivity index (χ2n) is 3.79. The minimum absolute atomic E-state index is 0.239. The molecule has 0 bridgehead atoms. The van der Waals surface area contributed by atoms with Crippen LogP contribution in [0.4, 0.5) is 5.69 Å². The number of anilines is 1. The number of carbonyl (C=O) groups is 1. The number of hydrogen-bond donors (Lipinski definition) is 1. The Labute approximate surface area is 108 Å². The molecule has 0 spiro atoms. The summed E-state index contributed by atoms with van der Waals surface area (Å²) in [5, 5.41) is 10.2. The summed E-state index contributed by atoms with van der Waals surface area (Å²) in [7, 11) is 0. The highest BCUT2D eigenvalue weighted by Gasteiger charge is 2.09. The van der Waals surface area contributed by atoms with Crippen molar-refractivity contribution in [3.05, 3.63) is 54.8 Å². The lowest BCUT2D eigenvalue weighted by molar-refractivity contribution is 0.102. The Morgan fingerprint density at radius 3 is 2.95 bits per heavy atom. The van der Waals surface area contributed by atoms with Gasteiger partial charge in [-0.1, -0.05) is 6.07 Å². The summed E-state index contributed by atoms with van der Waals surface area (Å²) >= 11 is 0. The van der Waals surface area contributed by atoms with E-state index >= 15 is 0 Å². The number of amides is 1. The van der Waals surface area contributed by atoms with Crippen LogP contribution in [0.5, 0.6) is 0 Å². The molecule has 0 aliphatic rings. The third kappa shape index (κ3) is 2.37. The van der Waals surface area contributed by atoms with E-state index in [9.17, 15) is 4.79 Å². The van der Waals surface area contributed by atoms with E-state index in [-0.39, 0.29) is 5.91 Å². The van der Waals surface area contributed by atoms with E-state index in [1.165, 1.54) is 18.9 Å². The van der Waals surface area contributed by atoms with Gasteiger partial charge in [0.2, 0.25) is 12.3 Å². The molecule has 1 N–H and O–H groups in total. The Hall–Kier alpha value is -2.89. The van der Waals surface area contributed by atoms with Gasteiger partial charge in [-0.05, 0) is 24.3 Å². The van der Waals surface area contributed by atoms with Crippen LogP contribution in [-0.4, -0.2) is 16.1 Å². The van der Waals surface area contributed by atoms with Crippen molar-refractivity contribution >= 4 is 11.6 Å². The van der Waals surface area contributed by atoms with E-state index in [2.05, 4.69) is 15.5 Å². The van der Waals surface area contributed by atoms with Crippen molar-refractivity contribution in [3.8, 4) is 11.5 Å². The average molecular weight is 255 g/mol. The lowest BCUT2D eigenvalue weighted by Gasteiger charge is -2.04. The molecule has 6 heteroatoms. The molecule has 2 heterocycles. The molecule has 1 aromatic carbocycles. The summed E-state index contributed by atoms with van der Waals surface area (Å²) in [5.74, 6) is 0.163. The van der Waals surface area contributed by atoms with Crippen molar-refractivity contribution in [2.75, 3.05) is 5.32 Å². The normalized spacial score (nSPS) is 10.3. The standard InChI is InChI=1S/C13H9N3O3/c17-12(10-4-5-18-7-10)15-11-3-1-2-9(6-11)13-16-14-8-19-13/h1-8H,(H,15,17). The second kappa shape index (κ2) is 4.77. The van der Waals surface area contributed by atoms with Gasteiger partial charge in [0.05, 0.1) is 11.8 Å². The molecule has 6 nitrogen and oxygen atoms in total. The molecule has 0 unspecified atom stereocenters. The van der Waals surface area contributed by atoms with Gasteiger partial charge >= 0.3 is 0 Å². The summed E-state index contributed by atoms with van der Waals surface area (Å²) in [5.41, 5.74) is 1.84. The average Bonchev–Trinajstić information content (AvgIpc) is 3.13. The van der Waals surface area contributed by atoms with Gasteiger partial charge < -0.3 is 14.2 Å². The number of aromatic nitrogens is 2. The highest BCUT2D eigenvalue weighted by molar-refractivity contribution is 6.04. The first-order chi connectivity index (χ1) is 9.33. The summed E-state index contributed by atoms with van der Waals surface area (Å²) in [6.45, 7) is 0. The molecule has 19 heavy (non-hydrogen) atoms. The van der Waals surface area contributed by atoms with Gasteiger partial charge in [-0.3, -0.25) is 4.79 Å². The van der Waals surface area contributed by atoms with Crippen LogP contribution in [-0.2, 0) is 0 Å². The van der Waals surface area contributed by atoms with Gasteiger partial charge in [0, 0.05) is 11.3 Å². The zero-order valence-electron chi connectivity index (χ0n) is 9.74. The minimum atomic E-state index is -0.239. The van der Waals surface area contributed by atoms with E-state index in [1.807, 2.05) is 6.07 Å². The van der Waals surface area contributed by atoms with Crippen LogP contribution in [0, 0.1) is 0 Å². The number of rotatable bonds is 3. The Morgan fingerprint density at radius 1 is 1.26 bits per heavy atom. The number of nitrogens with one attached hydrogen (secondary N) is 1. The van der Waals surface area contributed by atoms with Crippen molar-refractivity contribution in [2.45, 2.75) is 0 Å². The number of furan rings is 1. The molecule has 0 saturated carbocycles. The third-order valence-corrected chi connectivity index (χ3v) is 2.51. The molecule has 2 aromatic heterocycles. The summed E-state index contributed by atoms with van der Waals surface area (Å²) in [4.78, 5) is 11.9. The molecule has 0 atom stereocenters. The monoisotopic (exact) mass is 255 g/mol. The molecule has 94 valence electrons. The number of hydrogen-bond acceptors (Lipinski definition) is 5. The maximum atomic E-state index is 11.9. The Morgan fingerprint density at radius 2 is 2.21 bits per heavy atom. The van der Waals surface area contributed by atoms with Crippen LogP contribution in [0.2, 0.25) is 0 Å². The fourth-order valence-corrected chi connectivity index (χ4v) is 1.63. The second-order valence-corrected chi connectivity index (χ2v) is 3.79. The molecule has 3 aromatic rings. The predicted octanol–water partition coefficient (Wildman–Crippen LogP) is 2.58. The van der Waals surface area contributed by atoms with E-state index < -0.39 is 0 Å². The Kier molecular flexibility index (Phi) is 2.82. The molecule has 0 saturated heterocycles. The van der Waals surface area contributed by atoms with Gasteiger partial charge in [-0.2, -0.15) is 0 Å². The van der Waals surface area contributed by atoms with Crippen molar-refractivity contribution in [1.29, 1.82) is 0 Å². The van der Waals surface area contributed by atoms with Crippen molar-refractivity contribution in [3.63, 3.8) is 0 Å². The van der Waals surface area contributed by atoms with E-state index in [0.717, 1.165) is 5.56 Å². The molecule has 3 rings (SSSR count). The SMILES string of the molecule is O=C(Nc1cccc(-c2nnco2)c1)c1ccoc1. The van der Waals surface area contributed by atoms with Crippen molar-refractivity contribution in [2.24, 2.45) is 0 Å². The maximum Gasteiger partial charge on any atom is 0.258 e. The van der Waals surface area contributed by atoms with Crippen LogP contribution in [0.3, 0.4) is 0 Å². The largest absolute Gasteiger partial charge is 0.472 e. The number of carbonyl (C=O) groups excluding carboxylic acids is 1.